The van der Waals surface area contributed by atoms with Crippen LogP contribution in [0.25, 0.3) is 27.9 Å². The number of piperidine rings is 1. The molecule has 0 unspecified atom stereocenters. The number of nitrogens with zero attached hydrogens (tertiary/aromatic N) is 9. The summed E-state index contributed by atoms with van der Waals surface area (Å²) in [7, 11) is 0. The van der Waals surface area contributed by atoms with E-state index in [9.17, 15) is 18.4 Å². The van der Waals surface area contributed by atoms with E-state index in [0.29, 0.717) is 64.6 Å². The highest BCUT2D eigenvalue weighted by atomic mass is 35.5. The maximum atomic E-state index is 15.0. The molecule has 0 bridgehead atoms. The quantitative estimate of drug-likeness (QED) is 0.144. The highest BCUT2D eigenvalue weighted by Gasteiger charge is 2.31. The lowest BCUT2D eigenvalue weighted by molar-refractivity contribution is -0.0493. The van der Waals surface area contributed by atoms with Crippen molar-refractivity contribution in [2.24, 2.45) is 5.41 Å². The van der Waals surface area contributed by atoms with Gasteiger partial charge in [-0.2, -0.15) is 13.8 Å². The number of benzene rings is 2. The highest BCUT2D eigenvalue weighted by Crippen LogP contribution is 2.34. The van der Waals surface area contributed by atoms with Crippen molar-refractivity contribution >= 4 is 51.3 Å². The van der Waals surface area contributed by atoms with Gasteiger partial charge in [0, 0.05) is 60.1 Å². The molecule has 13 nitrogen and oxygen atoms in total. The van der Waals surface area contributed by atoms with Crippen LogP contribution in [0.5, 0.6) is 5.75 Å². The molecule has 0 atom stereocenters. The molecule has 1 fully saturated rings. The number of hydrogen-bond donors (Lipinski definition) is 1. The second kappa shape index (κ2) is 16.8. The number of nitrogens with one attached hydrogen (secondary N) is 1. The molecule has 1 amide bonds. The first-order valence-electron chi connectivity index (χ1n) is 20.9. The fourth-order valence-electron chi connectivity index (χ4n) is 9.03. The topological polar surface area (TPSA) is 128 Å². The van der Waals surface area contributed by atoms with E-state index in [2.05, 4.69) is 45.9 Å². The molecule has 0 radical (unpaired) electrons. The Kier molecular flexibility index (Phi) is 11.2. The molecule has 17 heteroatoms. The smallest absolute Gasteiger partial charge is 0.387 e. The van der Waals surface area contributed by atoms with Gasteiger partial charge in [-0.1, -0.05) is 50.6 Å². The average molecular weight is 879 g/mol. The van der Waals surface area contributed by atoms with Crippen molar-refractivity contribution in [3.63, 3.8) is 0 Å². The first-order valence-corrected chi connectivity index (χ1v) is 21.3. The Hall–Kier alpha value is -6.26. The molecule has 0 saturated carbocycles. The first-order chi connectivity index (χ1) is 30.2. The SMILES string of the molecule is Cc1nc(Nc2ccccc2OC(F)F)nc2c1n(-c1ccc(C(=O)N3CCc4c(n(Cc5ccc(Cl)cc5F)c5ncccc45)C3)nc1)c(=O)n2C1CCN(CC(C)(C)C)CC1. The summed E-state index contributed by atoms with van der Waals surface area (Å²) in [5, 5.41) is 4.30. The van der Waals surface area contributed by atoms with Crippen LogP contribution in [0.3, 0.4) is 0 Å². The second-order valence-corrected chi connectivity index (χ2v) is 17.8. The molecular formula is C46H46ClF3N10O3. The second-order valence-electron chi connectivity index (χ2n) is 17.4. The summed E-state index contributed by atoms with van der Waals surface area (Å²) in [5.41, 5.74) is 5.03. The van der Waals surface area contributed by atoms with Crippen LogP contribution in [-0.4, -0.2) is 82.1 Å². The number of amides is 1. The van der Waals surface area contributed by atoms with Crippen molar-refractivity contribution in [2.75, 3.05) is 31.5 Å². The maximum Gasteiger partial charge on any atom is 0.387 e. The average Bonchev–Trinajstić information content (AvgIpc) is 3.72. The number of halogens is 4. The van der Waals surface area contributed by atoms with E-state index < -0.39 is 12.4 Å². The standard InChI is InChI=1S/C46H46ClF3N10O3/c1-27-39-41(55-44(53-27)54-35-9-5-6-10-38(35)63-43(49)50)60(30-15-19-56(20-16-30)26-46(2,3)4)45(62)59(39)31-13-14-36(52-23-31)42(61)57-21-17-32-33-8-7-18-51-40(33)58(37(32)25-57)24-28-11-12-29(47)22-34(28)48/h5-14,18,22-23,30,43H,15-17,19-21,24-26H2,1-4H3,(H,53,54,55). The zero-order chi connectivity index (χ0) is 44.2. The number of ether oxygens (including phenoxy) is 1. The summed E-state index contributed by atoms with van der Waals surface area (Å²) in [5.74, 6) is -0.683. The minimum atomic E-state index is -3.03. The van der Waals surface area contributed by atoms with Crippen molar-refractivity contribution < 1.29 is 22.7 Å². The van der Waals surface area contributed by atoms with E-state index in [1.807, 2.05) is 16.7 Å². The van der Waals surface area contributed by atoms with Crippen LogP contribution >= 0.6 is 11.6 Å². The van der Waals surface area contributed by atoms with Crippen LogP contribution < -0.4 is 15.7 Å². The third-order valence-electron chi connectivity index (χ3n) is 11.7. The van der Waals surface area contributed by atoms with Gasteiger partial charge < -0.3 is 24.4 Å². The van der Waals surface area contributed by atoms with Crippen LogP contribution in [-0.2, 0) is 19.5 Å². The van der Waals surface area contributed by atoms with Gasteiger partial charge in [0.2, 0.25) is 5.95 Å². The fourth-order valence-corrected chi connectivity index (χ4v) is 9.19. The van der Waals surface area contributed by atoms with Gasteiger partial charge in [0.15, 0.2) is 5.65 Å². The lowest BCUT2D eigenvalue weighted by Crippen LogP contribution is -2.41. The minimum absolute atomic E-state index is 0.0755. The molecule has 63 heavy (non-hydrogen) atoms. The largest absolute Gasteiger partial charge is 0.433 e. The van der Waals surface area contributed by atoms with Crippen LogP contribution in [0.4, 0.5) is 24.8 Å². The van der Waals surface area contributed by atoms with Gasteiger partial charge in [0.1, 0.15) is 28.4 Å². The number of rotatable bonds is 10. The molecular weight excluding hydrogens is 833 g/mol. The Morgan fingerprint density at radius 3 is 2.51 bits per heavy atom. The Bertz CT molecular complexity index is 2920. The molecule has 7 aromatic rings. The molecule has 0 spiro atoms. The third kappa shape index (κ3) is 8.36. The molecule has 2 aliphatic rings. The Labute approximate surface area is 366 Å². The molecule has 9 rings (SSSR count). The molecule has 0 aliphatic carbocycles. The molecule has 1 N–H and O–H groups in total. The number of anilines is 2. The van der Waals surface area contributed by atoms with Gasteiger partial charge in [0.25, 0.3) is 5.91 Å². The number of hydrogen-bond acceptors (Lipinski definition) is 9. The monoisotopic (exact) mass is 878 g/mol. The number of likely N-dealkylation sites (tertiary alicyclic amines) is 1. The Balaban J connectivity index is 1.04. The Morgan fingerprint density at radius 2 is 1.78 bits per heavy atom. The fraction of sp³-hybridized carbons (Fsp3) is 0.348. The number of pyridine rings is 2. The van der Waals surface area contributed by atoms with Crippen molar-refractivity contribution in [3.05, 3.63) is 129 Å². The van der Waals surface area contributed by atoms with E-state index >= 15 is 4.39 Å². The van der Waals surface area contributed by atoms with Crippen LogP contribution in [0.2, 0.25) is 5.02 Å². The highest BCUT2D eigenvalue weighted by molar-refractivity contribution is 6.30. The zero-order valence-electron chi connectivity index (χ0n) is 35.3. The Morgan fingerprint density at radius 1 is 0.984 bits per heavy atom. The van der Waals surface area contributed by atoms with Crippen molar-refractivity contribution in [1.29, 1.82) is 0 Å². The summed E-state index contributed by atoms with van der Waals surface area (Å²) in [6.07, 6.45) is 5.20. The lowest BCUT2D eigenvalue weighted by Gasteiger charge is -2.36. The number of carbonyl (C=O) groups is 1. The van der Waals surface area contributed by atoms with Gasteiger partial charge in [-0.25, -0.2) is 24.1 Å². The summed E-state index contributed by atoms with van der Waals surface area (Å²) in [4.78, 5) is 51.8. The normalized spacial score (nSPS) is 15.1. The van der Waals surface area contributed by atoms with Crippen molar-refractivity contribution in [1.82, 2.24) is 43.4 Å². The summed E-state index contributed by atoms with van der Waals surface area (Å²) in [6, 6.07) is 17.9. The van der Waals surface area contributed by atoms with Gasteiger partial charge in [-0.05, 0) is 85.7 Å². The van der Waals surface area contributed by atoms with E-state index in [-0.39, 0.29) is 59.2 Å². The third-order valence-corrected chi connectivity index (χ3v) is 12.0. The van der Waals surface area contributed by atoms with E-state index in [1.54, 1.807) is 65.1 Å². The number of alkyl halides is 2. The predicted molar refractivity (Wildman–Crippen MR) is 235 cm³/mol. The van der Waals surface area contributed by atoms with Gasteiger partial charge in [-0.3, -0.25) is 13.9 Å². The van der Waals surface area contributed by atoms with Crippen LogP contribution in [0, 0.1) is 18.2 Å². The van der Waals surface area contributed by atoms with Gasteiger partial charge in [-0.15, -0.1) is 0 Å². The molecule has 1 saturated heterocycles. The molecule has 2 aromatic carbocycles. The van der Waals surface area contributed by atoms with Crippen molar-refractivity contribution in [3.8, 4) is 11.4 Å². The number of imidazole rings is 1. The number of aryl methyl sites for hydroxylation is 1. The molecule has 326 valence electrons. The van der Waals surface area contributed by atoms with Crippen LogP contribution in [0.1, 0.15) is 72.7 Å². The summed E-state index contributed by atoms with van der Waals surface area (Å²) < 4.78 is 51.6. The number of para-hydroxylation sites is 2. The zero-order valence-corrected chi connectivity index (χ0v) is 36.0. The first kappa shape index (κ1) is 42.1. The molecule has 5 aromatic heterocycles. The van der Waals surface area contributed by atoms with Gasteiger partial charge >= 0.3 is 12.3 Å². The number of carbonyl (C=O) groups excluding carboxylic acids is 1. The molecule has 2 aliphatic heterocycles. The van der Waals surface area contributed by atoms with E-state index in [0.717, 1.165) is 36.3 Å². The molecule has 7 heterocycles. The minimum Gasteiger partial charge on any atom is -0.433 e. The lowest BCUT2D eigenvalue weighted by atomic mass is 9.94. The van der Waals surface area contributed by atoms with E-state index in [4.69, 9.17) is 21.3 Å². The maximum absolute atomic E-state index is 15.0. The summed E-state index contributed by atoms with van der Waals surface area (Å²) in [6.45, 7) is 8.75. The van der Waals surface area contributed by atoms with Crippen LogP contribution in [0.15, 0.2) is 83.9 Å². The summed E-state index contributed by atoms with van der Waals surface area (Å²) >= 11 is 6.05. The van der Waals surface area contributed by atoms with Gasteiger partial charge in [0.05, 0.1) is 36.4 Å². The predicted octanol–water partition coefficient (Wildman–Crippen LogP) is 8.70. The van der Waals surface area contributed by atoms with E-state index in [1.165, 1.54) is 22.9 Å². The number of aromatic nitrogens is 7. The number of fused-ring (bicyclic) bond motifs is 4. The van der Waals surface area contributed by atoms with Crippen molar-refractivity contribution in [2.45, 2.75) is 72.7 Å².